The van der Waals surface area contributed by atoms with Gasteiger partial charge in [0.15, 0.2) is 6.29 Å². The molecule has 0 aliphatic carbocycles. The summed E-state index contributed by atoms with van der Waals surface area (Å²) in [5.74, 6) is -0.0896. The zero-order valence-electron chi connectivity index (χ0n) is 23.9. The van der Waals surface area contributed by atoms with Crippen molar-refractivity contribution in [3.8, 4) is 5.69 Å². The molecule has 0 saturated carbocycles. The molecule has 12 nitrogen and oxygen atoms in total. The summed E-state index contributed by atoms with van der Waals surface area (Å²) in [5, 5.41) is 33.8. The lowest BCUT2D eigenvalue weighted by Gasteiger charge is -2.36. The molecule has 3 atom stereocenters. The maximum absolute atomic E-state index is 12.1. The average Bonchev–Trinajstić information content (AvgIpc) is 3.55. The van der Waals surface area contributed by atoms with E-state index in [0.717, 1.165) is 27.9 Å². The summed E-state index contributed by atoms with van der Waals surface area (Å²) in [6.07, 6.45) is 0.210. The molecule has 1 saturated heterocycles. The second-order valence-corrected chi connectivity index (χ2v) is 11.3. The van der Waals surface area contributed by atoms with Crippen LogP contribution in [0.4, 0.5) is 0 Å². The highest BCUT2D eigenvalue weighted by molar-refractivity contribution is 7.99. The number of carbonyl (C=O) groups excluding carboxylic acids is 2. The van der Waals surface area contributed by atoms with Crippen molar-refractivity contribution in [1.29, 1.82) is 0 Å². The molecule has 1 aliphatic rings. The largest absolute Gasteiger partial charge is 0.392 e. The normalized spacial score (nSPS) is 18.1. The van der Waals surface area contributed by atoms with Crippen LogP contribution in [0.2, 0.25) is 0 Å². The van der Waals surface area contributed by atoms with Crippen molar-refractivity contribution in [3.63, 3.8) is 0 Å². The van der Waals surface area contributed by atoms with Crippen molar-refractivity contribution in [2.75, 3.05) is 5.75 Å². The Morgan fingerprint density at radius 2 is 1.61 bits per heavy atom. The monoisotopic (exact) mass is 618 g/mol. The fraction of sp³-hybridized carbons (Fsp3) is 0.323. The third-order valence-corrected chi connectivity index (χ3v) is 8.18. The molecule has 0 bridgehead atoms. The van der Waals surface area contributed by atoms with Crippen LogP contribution in [-0.2, 0) is 32.2 Å². The van der Waals surface area contributed by atoms with Gasteiger partial charge in [-0.1, -0.05) is 78.5 Å². The highest BCUT2D eigenvalue weighted by atomic mass is 32.2. The summed E-state index contributed by atoms with van der Waals surface area (Å²) in [5.41, 5.74) is 6.01. The molecule has 0 radical (unpaired) electrons. The molecule has 3 aromatic carbocycles. The predicted molar refractivity (Wildman–Crippen MR) is 160 cm³/mol. The number of ether oxygens (including phenoxy) is 2. The van der Waals surface area contributed by atoms with Crippen molar-refractivity contribution >= 4 is 23.6 Å². The van der Waals surface area contributed by atoms with E-state index in [4.69, 9.17) is 14.7 Å². The van der Waals surface area contributed by atoms with Crippen LogP contribution in [0.15, 0.2) is 84.0 Å². The van der Waals surface area contributed by atoms with Crippen LogP contribution in [0.1, 0.15) is 60.3 Å². The Labute approximate surface area is 258 Å². The highest BCUT2D eigenvalue weighted by Gasteiger charge is 2.32. The predicted octanol–water partition coefficient (Wildman–Crippen LogP) is 3.78. The van der Waals surface area contributed by atoms with E-state index in [-0.39, 0.29) is 37.6 Å². The van der Waals surface area contributed by atoms with E-state index in [2.05, 4.69) is 20.8 Å². The summed E-state index contributed by atoms with van der Waals surface area (Å²) in [4.78, 5) is 23.2. The number of para-hydroxylation sites is 1. The van der Waals surface area contributed by atoms with Gasteiger partial charge in [0.2, 0.25) is 17.0 Å². The van der Waals surface area contributed by atoms with Gasteiger partial charge in [0.1, 0.15) is 0 Å². The number of nitrogens with one attached hydrogen (secondary N) is 2. The van der Waals surface area contributed by atoms with E-state index in [1.807, 2.05) is 78.9 Å². The summed E-state index contributed by atoms with van der Waals surface area (Å²) in [7, 11) is 0. The number of aliphatic hydroxyl groups excluding tert-OH is 1. The number of aliphatic hydroxyl groups is 1. The molecule has 5 rings (SSSR count). The van der Waals surface area contributed by atoms with E-state index in [1.54, 1.807) is 10.2 Å². The van der Waals surface area contributed by atoms with Crippen LogP contribution in [0.5, 0.6) is 0 Å². The lowest BCUT2D eigenvalue weighted by atomic mass is 10.0. The minimum absolute atomic E-state index is 0.0272. The van der Waals surface area contributed by atoms with Gasteiger partial charge in [-0.15, -0.1) is 5.10 Å². The molecule has 1 aromatic heterocycles. The number of amides is 2. The Bertz CT molecular complexity index is 1500. The minimum atomic E-state index is -0.622. The number of carbonyl (C=O) groups is 2. The fourth-order valence-electron chi connectivity index (χ4n) is 4.74. The first kappa shape index (κ1) is 31.3. The van der Waals surface area contributed by atoms with Crippen LogP contribution < -0.4 is 10.8 Å². The first-order valence-electron chi connectivity index (χ1n) is 14.3. The van der Waals surface area contributed by atoms with Gasteiger partial charge in [-0.25, -0.2) is 5.48 Å². The van der Waals surface area contributed by atoms with Gasteiger partial charge in [0.05, 0.1) is 24.5 Å². The van der Waals surface area contributed by atoms with E-state index in [9.17, 15) is 14.7 Å². The van der Waals surface area contributed by atoms with Crippen molar-refractivity contribution in [3.05, 3.63) is 101 Å². The summed E-state index contributed by atoms with van der Waals surface area (Å²) < 4.78 is 14.6. The summed E-state index contributed by atoms with van der Waals surface area (Å²) >= 11 is 1.51. The van der Waals surface area contributed by atoms with Crippen LogP contribution >= 0.6 is 11.8 Å². The standard InChI is InChI=1S/C31H34N6O6S/c38-19-22-11-13-23(14-12-22)27-17-26(20-44-31-33-35-36-37(31)25-5-2-1-3-6-25)42-30(43-27)24-15-9-21(10-16-24)18-32-28(39)7-4-8-29(40)34-41/h1-3,5-6,9-16,26-27,30,38,41H,4,7-8,17-20H2,(H,32,39)(H,34,40)/t26-,27+,30+/m1/s1. The molecular weight excluding hydrogens is 584 g/mol. The Morgan fingerprint density at radius 1 is 0.909 bits per heavy atom. The lowest BCUT2D eigenvalue weighted by Crippen LogP contribution is -2.31. The van der Waals surface area contributed by atoms with Gasteiger partial charge in [-0.2, -0.15) is 4.68 Å². The first-order valence-corrected chi connectivity index (χ1v) is 15.3. The third-order valence-electron chi connectivity index (χ3n) is 7.13. The topological polar surface area (TPSA) is 161 Å². The molecule has 44 heavy (non-hydrogen) atoms. The number of hydroxylamine groups is 1. The number of hydrogen-bond donors (Lipinski definition) is 4. The minimum Gasteiger partial charge on any atom is -0.392 e. The van der Waals surface area contributed by atoms with Gasteiger partial charge in [0.25, 0.3) is 0 Å². The zero-order valence-corrected chi connectivity index (χ0v) is 24.7. The third kappa shape index (κ3) is 8.49. The number of tetrazole rings is 1. The second-order valence-electron chi connectivity index (χ2n) is 10.3. The summed E-state index contributed by atoms with van der Waals surface area (Å²) in [6.45, 7) is 0.313. The molecule has 0 unspecified atom stereocenters. The van der Waals surface area contributed by atoms with Crippen molar-refractivity contribution in [2.24, 2.45) is 0 Å². The Morgan fingerprint density at radius 3 is 2.34 bits per heavy atom. The molecular formula is C31H34N6O6S. The van der Waals surface area contributed by atoms with E-state index >= 15 is 0 Å². The van der Waals surface area contributed by atoms with Crippen LogP contribution in [-0.4, -0.2) is 54.2 Å². The number of benzene rings is 3. The molecule has 4 aromatic rings. The van der Waals surface area contributed by atoms with Gasteiger partial charge < -0.3 is 19.9 Å². The fourth-order valence-corrected chi connectivity index (χ4v) is 5.65. The van der Waals surface area contributed by atoms with E-state index in [0.29, 0.717) is 30.3 Å². The maximum atomic E-state index is 12.1. The van der Waals surface area contributed by atoms with Gasteiger partial charge in [-0.3, -0.25) is 14.8 Å². The van der Waals surface area contributed by atoms with Crippen molar-refractivity contribution < 1.29 is 29.4 Å². The van der Waals surface area contributed by atoms with Crippen LogP contribution in [0.3, 0.4) is 0 Å². The SMILES string of the molecule is O=C(CCCC(=O)NCc1ccc([C@H]2O[C@@H](CSc3nnnn3-c3ccccc3)C[C@@H](c3ccc(CO)cc3)O2)cc1)NO. The number of thioether (sulfide) groups is 1. The van der Waals surface area contributed by atoms with Crippen molar-refractivity contribution in [2.45, 2.75) is 62.5 Å². The molecule has 2 amide bonds. The van der Waals surface area contributed by atoms with E-state index in [1.165, 1.54) is 11.8 Å². The molecule has 230 valence electrons. The number of hydrogen-bond acceptors (Lipinski definition) is 10. The molecule has 1 aliphatic heterocycles. The quantitative estimate of drug-likeness (QED) is 0.0986. The van der Waals surface area contributed by atoms with Gasteiger partial charge in [0, 0.05) is 37.1 Å². The molecule has 4 N–H and O–H groups in total. The number of nitrogens with zero attached hydrogens (tertiary/aromatic N) is 4. The van der Waals surface area contributed by atoms with Crippen LogP contribution in [0.25, 0.3) is 5.69 Å². The Balaban J connectivity index is 1.24. The van der Waals surface area contributed by atoms with Crippen molar-refractivity contribution in [1.82, 2.24) is 31.0 Å². The average molecular weight is 619 g/mol. The summed E-state index contributed by atoms with van der Waals surface area (Å²) in [6, 6.07) is 25.1. The maximum Gasteiger partial charge on any atom is 0.243 e. The highest BCUT2D eigenvalue weighted by Crippen LogP contribution is 2.39. The number of rotatable bonds is 13. The van der Waals surface area contributed by atoms with Gasteiger partial charge >= 0.3 is 0 Å². The van der Waals surface area contributed by atoms with E-state index < -0.39 is 12.2 Å². The lowest BCUT2D eigenvalue weighted by molar-refractivity contribution is -0.245. The zero-order chi connectivity index (χ0) is 30.7. The smallest absolute Gasteiger partial charge is 0.243 e. The molecule has 13 heteroatoms. The Hall–Kier alpha value is -4.14. The van der Waals surface area contributed by atoms with Crippen LogP contribution in [0, 0.1) is 0 Å². The first-order chi connectivity index (χ1) is 21.5. The molecule has 0 spiro atoms. The van der Waals surface area contributed by atoms with Gasteiger partial charge in [-0.05, 0) is 45.7 Å². The molecule has 2 heterocycles. The molecule has 1 fully saturated rings. The Kier molecular flexibility index (Phi) is 11.1. The number of aromatic nitrogens is 4. The second kappa shape index (κ2) is 15.5.